The third-order valence-electron chi connectivity index (χ3n) is 7.20. The van der Waals surface area contributed by atoms with Gasteiger partial charge in [0.1, 0.15) is 18.1 Å². The number of allylic oxidation sites excluding steroid dienone is 1. The van der Waals surface area contributed by atoms with Gasteiger partial charge in [0.2, 0.25) is 0 Å². The number of benzene rings is 3. The summed E-state index contributed by atoms with van der Waals surface area (Å²) < 4.78 is 26.0. The zero-order chi connectivity index (χ0) is 33.7. The van der Waals surface area contributed by atoms with Gasteiger partial charge in [-0.25, -0.2) is 14.6 Å². The van der Waals surface area contributed by atoms with Crippen LogP contribution < -0.4 is 24.4 Å². The molecule has 12 heteroatoms. The molecule has 1 atom stereocenters. The second-order valence-electron chi connectivity index (χ2n) is 10.3. The fourth-order valence-corrected chi connectivity index (χ4v) is 7.85. The van der Waals surface area contributed by atoms with E-state index in [2.05, 4.69) is 43.5 Å². The van der Waals surface area contributed by atoms with E-state index in [1.54, 1.807) is 43.5 Å². The number of esters is 2. The predicted molar refractivity (Wildman–Crippen MR) is 192 cm³/mol. The molecule has 0 amide bonds. The van der Waals surface area contributed by atoms with Crippen LogP contribution in [0.1, 0.15) is 60.8 Å². The van der Waals surface area contributed by atoms with Gasteiger partial charge < -0.3 is 18.9 Å². The van der Waals surface area contributed by atoms with Gasteiger partial charge in [0, 0.05) is 10.0 Å². The van der Waals surface area contributed by atoms with Gasteiger partial charge in [0.05, 0.1) is 50.8 Å². The van der Waals surface area contributed by atoms with Crippen molar-refractivity contribution in [1.82, 2.24) is 4.57 Å². The largest absolute Gasteiger partial charge is 0.494 e. The van der Waals surface area contributed by atoms with Gasteiger partial charge in [-0.05, 0) is 104 Å². The summed E-state index contributed by atoms with van der Waals surface area (Å²) in [5, 5.41) is 0. The molecular formula is C35H32BrIN2O7S. The van der Waals surface area contributed by atoms with Crippen LogP contribution in [0.4, 0.5) is 0 Å². The first kappa shape index (κ1) is 34.6. The van der Waals surface area contributed by atoms with Crippen LogP contribution >= 0.6 is 49.9 Å². The molecule has 0 saturated heterocycles. The predicted octanol–water partition coefficient (Wildman–Crippen LogP) is 6.32. The highest BCUT2D eigenvalue weighted by atomic mass is 127. The minimum Gasteiger partial charge on any atom is -0.494 e. The van der Waals surface area contributed by atoms with Gasteiger partial charge in [-0.15, -0.1) is 0 Å². The Morgan fingerprint density at radius 3 is 2.30 bits per heavy atom. The van der Waals surface area contributed by atoms with E-state index in [1.165, 1.54) is 11.3 Å². The molecular weight excluding hydrogens is 799 g/mol. The highest BCUT2D eigenvalue weighted by Crippen LogP contribution is 2.33. The zero-order valence-electron chi connectivity index (χ0n) is 26.2. The summed E-state index contributed by atoms with van der Waals surface area (Å²) in [7, 11) is 0. The van der Waals surface area contributed by atoms with Gasteiger partial charge in [0.15, 0.2) is 4.80 Å². The van der Waals surface area contributed by atoms with Gasteiger partial charge in [-0.1, -0.05) is 51.5 Å². The Hall–Kier alpha value is -3.75. The van der Waals surface area contributed by atoms with Crippen molar-refractivity contribution in [3.05, 3.63) is 122 Å². The van der Waals surface area contributed by atoms with E-state index in [9.17, 15) is 14.4 Å². The molecule has 0 unspecified atom stereocenters. The van der Waals surface area contributed by atoms with Gasteiger partial charge in [-0.3, -0.25) is 9.36 Å². The van der Waals surface area contributed by atoms with E-state index in [4.69, 9.17) is 18.9 Å². The maximum atomic E-state index is 14.2. The molecule has 0 spiro atoms. The Morgan fingerprint density at radius 1 is 0.957 bits per heavy atom. The lowest BCUT2D eigenvalue weighted by atomic mass is 9.96. The van der Waals surface area contributed by atoms with Gasteiger partial charge >= 0.3 is 11.9 Å². The molecule has 4 aromatic rings. The Kier molecular flexibility index (Phi) is 11.4. The number of thiazole rings is 1. The topological polar surface area (TPSA) is 105 Å². The average Bonchev–Trinajstić information content (AvgIpc) is 3.34. The third-order valence-corrected chi connectivity index (χ3v) is 9.44. The molecule has 0 radical (unpaired) electrons. The summed E-state index contributed by atoms with van der Waals surface area (Å²) in [4.78, 5) is 44.6. The van der Waals surface area contributed by atoms with Crippen molar-refractivity contribution < 1.29 is 28.5 Å². The van der Waals surface area contributed by atoms with Crippen LogP contribution in [0.15, 0.2) is 86.2 Å². The first-order chi connectivity index (χ1) is 22.6. The molecule has 0 aliphatic carbocycles. The smallest absolute Gasteiger partial charge is 0.338 e. The van der Waals surface area contributed by atoms with Crippen LogP contribution in [-0.4, -0.2) is 36.3 Å². The van der Waals surface area contributed by atoms with Crippen molar-refractivity contribution in [3.63, 3.8) is 0 Å². The molecule has 9 nitrogen and oxygen atoms in total. The molecule has 5 rings (SSSR count). The van der Waals surface area contributed by atoms with E-state index in [1.807, 2.05) is 55.5 Å². The Labute approximate surface area is 297 Å². The Balaban J connectivity index is 1.56. The molecule has 2 heterocycles. The van der Waals surface area contributed by atoms with E-state index in [-0.39, 0.29) is 24.7 Å². The molecule has 1 aromatic heterocycles. The summed E-state index contributed by atoms with van der Waals surface area (Å²) in [6.07, 6.45) is 1.79. The minimum atomic E-state index is -0.737. The lowest BCUT2D eigenvalue weighted by Crippen LogP contribution is -2.39. The lowest BCUT2D eigenvalue weighted by molar-refractivity contribution is -0.139. The molecule has 0 fully saturated rings. The summed E-state index contributed by atoms with van der Waals surface area (Å²) in [5.41, 5.74) is 3.26. The van der Waals surface area contributed by atoms with Crippen LogP contribution in [0.2, 0.25) is 0 Å². The van der Waals surface area contributed by atoms with Crippen molar-refractivity contribution in [2.24, 2.45) is 4.99 Å². The first-order valence-corrected chi connectivity index (χ1v) is 17.6. The molecule has 0 N–H and O–H groups in total. The number of rotatable bonds is 11. The fourth-order valence-electron chi connectivity index (χ4n) is 5.11. The first-order valence-electron chi connectivity index (χ1n) is 14.9. The molecule has 0 bridgehead atoms. The van der Waals surface area contributed by atoms with Crippen LogP contribution in [0.3, 0.4) is 0 Å². The number of ether oxygens (including phenoxy) is 4. The van der Waals surface area contributed by atoms with E-state index < -0.39 is 12.0 Å². The fraction of sp³-hybridized carbons (Fsp3) is 0.257. The molecule has 0 saturated carbocycles. The molecule has 1 aliphatic rings. The van der Waals surface area contributed by atoms with Crippen LogP contribution in [-0.2, 0) is 20.9 Å². The molecule has 47 heavy (non-hydrogen) atoms. The van der Waals surface area contributed by atoms with Crippen LogP contribution in [0.25, 0.3) is 6.08 Å². The average molecular weight is 832 g/mol. The maximum absolute atomic E-state index is 14.2. The van der Waals surface area contributed by atoms with Crippen LogP contribution in [0.5, 0.6) is 11.5 Å². The molecule has 3 aromatic carbocycles. The SMILES string of the molecule is CCOC(=O)C1=C(C)N=c2s/c(=C\c3cc(Br)cc(I)c3OCc3ccc(C(=O)OCC)cc3)c(=O)n2[C@H]1c1ccc(OCC)cc1. The lowest BCUT2D eigenvalue weighted by Gasteiger charge is -2.24. The van der Waals surface area contributed by atoms with Crippen molar-refractivity contribution in [1.29, 1.82) is 0 Å². The summed E-state index contributed by atoms with van der Waals surface area (Å²) in [6.45, 7) is 8.43. The number of halogens is 2. The normalized spacial score (nSPS) is 14.3. The summed E-state index contributed by atoms with van der Waals surface area (Å²) >= 11 is 7.02. The van der Waals surface area contributed by atoms with Crippen molar-refractivity contribution in [3.8, 4) is 11.5 Å². The molecule has 1 aliphatic heterocycles. The number of carbonyl (C=O) groups excluding carboxylic acids is 2. The maximum Gasteiger partial charge on any atom is 0.338 e. The monoisotopic (exact) mass is 830 g/mol. The number of aromatic nitrogens is 1. The molecule has 244 valence electrons. The summed E-state index contributed by atoms with van der Waals surface area (Å²) in [5.74, 6) is 0.393. The second kappa shape index (κ2) is 15.4. The standard InChI is InChI=1S/C35H32BrIN2O7S/c1-5-43-26-14-12-22(13-15-26)30-29(34(42)45-7-3)20(4)38-35-39(30)32(40)28(47-35)17-24-16-25(36)18-27(37)31(24)46-19-21-8-10-23(11-9-21)33(41)44-6-2/h8-18,30H,5-7,19H2,1-4H3/b28-17-/t30-/m0/s1. The van der Waals surface area contributed by atoms with Crippen LogP contribution in [0, 0.1) is 3.57 Å². The Bertz CT molecular complexity index is 2020. The second-order valence-corrected chi connectivity index (χ2v) is 13.4. The Morgan fingerprint density at radius 2 is 1.64 bits per heavy atom. The van der Waals surface area contributed by atoms with E-state index in [0.29, 0.717) is 56.4 Å². The van der Waals surface area contributed by atoms with Crippen molar-refractivity contribution in [2.45, 2.75) is 40.3 Å². The number of carbonyl (C=O) groups is 2. The highest BCUT2D eigenvalue weighted by molar-refractivity contribution is 14.1. The van der Waals surface area contributed by atoms with Crippen molar-refractivity contribution >= 4 is 67.9 Å². The number of fused-ring (bicyclic) bond motifs is 1. The quantitative estimate of drug-likeness (QED) is 0.129. The highest BCUT2D eigenvalue weighted by Gasteiger charge is 2.33. The van der Waals surface area contributed by atoms with E-state index >= 15 is 0 Å². The minimum absolute atomic E-state index is 0.190. The number of nitrogens with zero attached hydrogens (tertiary/aromatic N) is 2. The van der Waals surface area contributed by atoms with Gasteiger partial charge in [-0.2, -0.15) is 0 Å². The van der Waals surface area contributed by atoms with Crippen molar-refractivity contribution in [2.75, 3.05) is 19.8 Å². The van der Waals surface area contributed by atoms with Gasteiger partial charge in [0.25, 0.3) is 5.56 Å². The van der Waals surface area contributed by atoms with E-state index in [0.717, 1.165) is 19.2 Å². The zero-order valence-corrected chi connectivity index (χ0v) is 30.7. The number of hydrogen-bond acceptors (Lipinski definition) is 9. The summed E-state index contributed by atoms with van der Waals surface area (Å²) in [6, 6.07) is 17.5. The number of hydrogen-bond donors (Lipinski definition) is 0. The third kappa shape index (κ3) is 7.71.